The molecule has 104 valence electrons. The SMILES string of the molecule is CN(C)c1cccc(NCC2(C/C(N)=N/O)CC2)c1. The van der Waals surface area contributed by atoms with Crippen molar-refractivity contribution in [3.05, 3.63) is 24.3 Å². The summed E-state index contributed by atoms with van der Waals surface area (Å²) < 4.78 is 0. The highest BCUT2D eigenvalue weighted by molar-refractivity contribution is 5.80. The topological polar surface area (TPSA) is 73.9 Å². The predicted molar refractivity (Wildman–Crippen MR) is 79.0 cm³/mol. The second-order valence-electron chi connectivity index (χ2n) is 5.57. The molecule has 0 unspecified atom stereocenters. The van der Waals surface area contributed by atoms with Gasteiger partial charge in [0.1, 0.15) is 5.84 Å². The molecule has 0 bridgehead atoms. The highest BCUT2D eigenvalue weighted by Gasteiger charge is 2.43. The zero-order valence-electron chi connectivity index (χ0n) is 11.6. The monoisotopic (exact) mass is 262 g/mol. The lowest BCUT2D eigenvalue weighted by atomic mass is 10.0. The van der Waals surface area contributed by atoms with Gasteiger partial charge in [0.25, 0.3) is 0 Å². The smallest absolute Gasteiger partial charge is 0.139 e. The maximum atomic E-state index is 8.65. The number of rotatable bonds is 6. The molecular formula is C14H22N4O. The largest absolute Gasteiger partial charge is 0.409 e. The second-order valence-corrected chi connectivity index (χ2v) is 5.57. The van der Waals surface area contributed by atoms with E-state index in [1.54, 1.807) is 0 Å². The van der Waals surface area contributed by atoms with E-state index in [0.29, 0.717) is 12.3 Å². The minimum Gasteiger partial charge on any atom is -0.409 e. The normalized spacial score (nSPS) is 17.1. The van der Waals surface area contributed by atoms with Crippen molar-refractivity contribution in [3.63, 3.8) is 0 Å². The van der Waals surface area contributed by atoms with Gasteiger partial charge in [-0.05, 0) is 36.5 Å². The molecule has 0 saturated heterocycles. The third-order valence-corrected chi connectivity index (χ3v) is 3.67. The first-order chi connectivity index (χ1) is 9.04. The van der Waals surface area contributed by atoms with Gasteiger partial charge in [-0.15, -0.1) is 0 Å². The summed E-state index contributed by atoms with van der Waals surface area (Å²) in [5.41, 5.74) is 8.05. The van der Waals surface area contributed by atoms with Crippen LogP contribution in [0.5, 0.6) is 0 Å². The molecule has 1 aliphatic rings. The van der Waals surface area contributed by atoms with E-state index in [0.717, 1.165) is 25.1 Å². The molecule has 1 aliphatic carbocycles. The molecule has 5 heteroatoms. The zero-order chi connectivity index (χ0) is 13.9. The number of hydrogen-bond donors (Lipinski definition) is 3. The van der Waals surface area contributed by atoms with Crippen LogP contribution >= 0.6 is 0 Å². The summed E-state index contributed by atoms with van der Waals surface area (Å²) in [4.78, 5) is 2.08. The Labute approximate surface area is 114 Å². The fourth-order valence-electron chi connectivity index (χ4n) is 2.20. The molecule has 0 amide bonds. The van der Waals surface area contributed by atoms with E-state index in [-0.39, 0.29) is 5.41 Å². The first-order valence-corrected chi connectivity index (χ1v) is 6.52. The summed E-state index contributed by atoms with van der Waals surface area (Å²) in [6.45, 7) is 0.861. The van der Waals surface area contributed by atoms with Crippen LogP contribution in [0, 0.1) is 5.41 Å². The van der Waals surface area contributed by atoms with Gasteiger partial charge < -0.3 is 21.2 Å². The molecule has 0 heterocycles. The van der Waals surface area contributed by atoms with Crippen molar-refractivity contribution in [1.29, 1.82) is 0 Å². The Kier molecular flexibility index (Phi) is 3.83. The van der Waals surface area contributed by atoms with Crippen molar-refractivity contribution in [3.8, 4) is 0 Å². The summed E-state index contributed by atoms with van der Waals surface area (Å²) in [6.07, 6.45) is 2.91. The molecule has 2 rings (SSSR count). The first kappa shape index (κ1) is 13.5. The Morgan fingerprint density at radius 3 is 2.79 bits per heavy atom. The quantitative estimate of drug-likeness (QED) is 0.317. The number of amidine groups is 1. The van der Waals surface area contributed by atoms with Gasteiger partial charge in [0.05, 0.1) is 0 Å². The van der Waals surface area contributed by atoms with Crippen molar-refractivity contribution in [2.24, 2.45) is 16.3 Å². The van der Waals surface area contributed by atoms with E-state index in [1.807, 2.05) is 20.2 Å². The number of nitrogens with one attached hydrogen (secondary N) is 1. The van der Waals surface area contributed by atoms with Crippen LogP contribution in [0.4, 0.5) is 11.4 Å². The fraction of sp³-hybridized carbons (Fsp3) is 0.500. The van der Waals surface area contributed by atoms with Crippen molar-refractivity contribution in [2.75, 3.05) is 30.9 Å². The molecule has 19 heavy (non-hydrogen) atoms. The molecule has 0 radical (unpaired) electrons. The van der Waals surface area contributed by atoms with E-state index in [4.69, 9.17) is 10.9 Å². The van der Waals surface area contributed by atoms with Gasteiger partial charge in [0, 0.05) is 38.4 Å². The molecule has 0 atom stereocenters. The third-order valence-electron chi connectivity index (χ3n) is 3.67. The average Bonchev–Trinajstić information content (AvgIpc) is 3.17. The zero-order valence-corrected chi connectivity index (χ0v) is 11.6. The molecule has 0 aromatic heterocycles. The van der Waals surface area contributed by atoms with Crippen LogP contribution in [0.1, 0.15) is 19.3 Å². The number of hydrogen-bond acceptors (Lipinski definition) is 4. The summed E-state index contributed by atoms with van der Waals surface area (Å²) >= 11 is 0. The fourth-order valence-corrected chi connectivity index (χ4v) is 2.20. The van der Waals surface area contributed by atoms with Gasteiger partial charge in [-0.3, -0.25) is 0 Å². The van der Waals surface area contributed by atoms with E-state index in [2.05, 4.69) is 33.6 Å². The average molecular weight is 262 g/mol. The minimum atomic E-state index is 0.171. The molecule has 1 aromatic carbocycles. The number of nitrogens with two attached hydrogens (primary N) is 1. The van der Waals surface area contributed by atoms with Crippen molar-refractivity contribution in [1.82, 2.24) is 0 Å². The first-order valence-electron chi connectivity index (χ1n) is 6.52. The van der Waals surface area contributed by atoms with Crippen LogP contribution in [-0.2, 0) is 0 Å². The van der Waals surface area contributed by atoms with E-state index < -0.39 is 0 Å². The number of anilines is 2. The Hall–Kier alpha value is -1.91. The summed E-state index contributed by atoms with van der Waals surface area (Å²) in [5.74, 6) is 0.321. The molecule has 4 N–H and O–H groups in total. The molecular weight excluding hydrogens is 240 g/mol. The van der Waals surface area contributed by atoms with Gasteiger partial charge in [0.2, 0.25) is 0 Å². The number of oxime groups is 1. The van der Waals surface area contributed by atoms with Crippen LogP contribution in [0.3, 0.4) is 0 Å². The highest BCUT2D eigenvalue weighted by Crippen LogP contribution is 2.48. The summed E-state index contributed by atoms with van der Waals surface area (Å²) in [7, 11) is 4.06. The lowest BCUT2D eigenvalue weighted by molar-refractivity contribution is 0.315. The molecule has 1 aromatic rings. The lowest BCUT2D eigenvalue weighted by Crippen LogP contribution is -2.23. The van der Waals surface area contributed by atoms with E-state index >= 15 is 0 Å². The number of nitrogens with zero attached hydrogens (tertiary/aromatic N) is 2. The van der Waals surface area contributed by atoms with Crippen molar-refractivity contribution >= 4 is 17.2 Å². The Morgan fingerprint density at radius 2 is 2.21 bits per heavy atom. The van der Waals surface area contributed by atoms with Gasteiger partial charge in [0.15, 0.2) is 0 Å². The number of benzene rings is 1. The van der Waals surface area contributed by atoms with Gasteiger partial charge in [-0.1, -0.05) is 11.2 Å². The summed E-state index contributed by atoms with van der Waals surface area (Å²) in [5, 5.41) is 15.2. The van der Waals surface area contributed by atoms with Crippen molar-refractivity contribution in [2.45, 2.75) is 19.3 Å². The van der Waals surface area contributed by atoms with E-state index in [9.17, 15) is 0 Å². The van der Waals surface area contributed by atoms with Crippen LogP contribution in [0.25, 0.3) is 0 Å². The van der Waals surface area contributed by atoms with Crippen LogP contribution < -0.4 is 16.0 Å². The molecule has 5 nitrogen and oxygen atoms in total. The maximum absolute atomic E-state index is 8.65. The second kappa shape index (κ2) is 5.38. The van der Waals surface area contributed by atoms with E-state index in [1.165, 1.54) is 5.69 Å². The van der Waals surface area contributed by atoms with Crippen LogP contribution in [0.15, 0.2) is 29.4 Å². The Bertz CT molecular complexity index is 466. The highest BCUT2D eigenvalue weighted by atomic mass is 16.4. The standard InChI is InChI=1S/C14H22N4O/c1-18(2)12-5-3-4-11(8-12)16-10-14(6-7-14)9-13(15)17-19/h3-5,8,16,19H,6-7,9-10H2,1-2H3,(H2,15,17). The maximum Gasteiger partial charge on any atom is 0.139 e. The van der Waals surface area contributed by atoms with Gasteiger partial charge in [-0.2, -0.15) is 0 Å². The minimum absolute atomic E-state index is 0.171. The van der Waals surface area contributed by atoms with Crippen molar-refractivity contribution < 1.29 is 5.21 Å². The summed E-state index contributed by atoms with van der Waals surface area (Å²) in [6, 6.07) is 8.31. The Balaban J connectivity index is 1.94. The lowest BCUT2D eigenvalue weighted by Gasteiger charge is -2.18. The Morgan fingerprint density at radius 1 is 1.47 bits per heavy atom. The molecule has 0 spiro atoms. The van der Waals surface area contributed by atoms with Crippen LogP contribution in [-0.4, -0.2) is 31.7 Å². The molecule has 0 aliphatic heterocycles. The molecule has 1 saturated carbocycles. The molecule has 1 fully saturated rings. The third kappa shape index (κ3) is 3.53. The van der Waals surface area contributed by atoms with Gasteiger partial charge in [-0.25, -0.2) is 0 Å². The predicted octanol–water partition coefficient (Wildman–Crippen LogP) is 2.08. The van der Waals surface area contributed by atoms with Crippen LogP contribution in [0.2, 0.25) is 0 Å². The van der Waals surface area contributed by atoms with Gasteiger partial charge >= 0.3 is 0 Å².